The summed E-state index contributed by atoms with van der Waals surface area (Å²) in [7, 11) is 0. The van der Waals surface area contributed by atoms with Crippen LogP contribution >= 0.6 is 35.0 Å². The zero-order valence-electron chi connectivity index (χ0n) is 16.8. The number of carbonyl (C=O) groups is 1. The fourth-order valence-corrected chi connectivity index (χ4v) is 5.98. The summed E-state index contributed by atoms with van der Waals surface area (Å²) in [6.07, 6.45) is 2.52. The highest BCUT2D eigenvalue weighted by atomic mass is 35.5. The summed E-state index contributed by atoms with van der Waals surface area (Å²) in [5, 5.41) is 1.38. The van der Waals surface area contributed by atoms with Gasteiger partial charge in [-0.2, -0.15) is 11.8 Å². The number of halogens is 2. The van der Waals surface area contributed by atoms with Crippen LogP contribution in [0.1, 0.15) is 18.4 Å². The molecule has 0 radical (unpaired) electrons. The molecule has 1 saturated heterocycles. The molecule has 2 aromatic carbocycles. The Morgan fingerprint density at radius 3 is 2.63 bits per heavy atom. The summed E-state index contributed by atoms with van der Waals surface area (Å²) < 4.78 is 0. The van der Waals surface area contributed by atoms with Crippen molar-refractivity contribution < 1.29 is 4.79 Å². The number of hydrogen-bond donors (Lipinski definition) is 0. The number of para-hydroxylation sites is 2. The van der Waals surface area contributed by atoms with Crippen LogP contribution in [-0.2, 0) is 11.3 Å². The number of rotatable bonds is 4. The van der Waals surface area contributed by atoms with Crippen LogP contribution in [0.15, 0.2) is 42.5 Å². The van der Waals surface area contributed by atoms with Gasteiger partial charge >= 0.3 is 0 Å². The Bertz CT molecular complexity index is 952. The van der Waals surface area contributed by atoms with E-state index >= 15 is 0 Å². The molecule has 0 bridgehead atoms. The number of amides is 1. The van der Waals surface area contributed by atoms with E-state index in [0.717, 1.165) is 42.4 Å². The molecule has 30 heavy (non-hydrogen) atoms. The first kappa shape index (κ1) is 20.5. The molecule has 1 atom stereocenters. The maximum atomic E-state index is 13.8. The number of thioether (sulfide) groups is 1. The molecule has 4 nitrogen and oxygen atoms in total. The van der Waals surface area contributed by atoms with Crippen LogP contribution in [0.25, 0.3) is 0 Å². The van der Waals surface area contributed by atoms with Gasteiger partial charge in [-0.3, -0.25) is 9.69 Å². The van der Waals surface area contributed by atoms with Crippen molar-refractivity contribution in [3.8, 4) is 0 Å². The fourth-order valence-electron chi connectivity index (χ4n) is 4.50. The molecular formula is C23H25Cl2N3OS. The van der Waals surface area contributed by atoms with E-state index in [0.29, 0.717) is 22.6 Å². The number of benzene rings is 2. The second-order valence-electron chi connectivity index (χ2n) is 8.20. The van der Waals surface area contributed by atoms with Gasteiger partial charge in [0, 0.05) is 53.8 Å². The minimum absolute atomic E-state index is 0.153. The van der Waals surface area contributed by atoms with E-state index in [1.54, 1.807) is 6.07 Å². The molecule has 1 unspecified atom stereocenters. The highest BCUT2D eigenvalue weighted by Crippen LogP contribution is 2.40. The van der Waals surface area contributed by atoms with Crippen molar-refractivity contribution in [1.29, 1.82) is 0 Å². The van der Waals surface area contributed by atoms with E-state index in [-0.39, 0.29) is 11.9 Å². The topological polar surface area (TPSA) is 26.8 Å². The first-order valence-electron chi connectivity index (χ1n) is 10.5. The van der Waals surface area contributed by atoms with E-state index in [1.807, 2.05) is 34.9 Å². The van der Waals surface area contributed by atoms with Gasteiger partial charge in [0.05, 0.1) is 17.4 Å². The summed E-state index contributed by atoms with van der Waals surface area (Å²) in [6, 6.07) is 14.4. The first-order valence-corrected chi connectivity index (χ1v) is 12.5. The van der Waals surface area contributed by atoms with Crippen molar-refractivity contribution in [2.24, 2.45) is 0 Å². The quantitative estimate of drug-likeness (QED) is 0.644. The molecule has 2 fully saturated rings. The normalized spacial score (nSPS) is 22.1. The zero-order chi connectivity index (χ0) is 20.7. The Labute approximate surface area is 192 Å². The van der Waals surface area contributed by atoms with Crippen LogP contribution in [0.2, 0.25) is 10.0 Å². The fraction of sp³-hybridized carbons (Fsp3) is 0.435. The van der Waals surface area contributed by atoms with Crippen LogP contribution in [-0.4, -0.2) is 54.0 Å². The number of carbonyl (C=O) groups excluding carboxylic acids is 1. The standard InChI is InChI=1S/C23H25Cl2N3OS/c24-17-5-8-19(25)16(13-17)14-26-11-12-30-15-22(26)23(29)28-10-9-27(18-6-7-18)20-3-1-2-4-21(20)28/h1-5,8,13,18,22H,6-7,9-12,14-15H2. The molecule has 5 rings (SSSR count). The zero-order valence-corrected chi connectivity index (χ0v) is 19.1. The summed E-state index contributed by atoms with van der Waals surface area (Å²) in [5.74, 6) is 2.03. The molecule has 3 aliphatic rings. The second-order valence-corrected chi connectivity index (χ2v) is 10.2. The van der Waals surface area contributed by atoms with Gasteiger partial charge in [0.15, 0.2) is 0 Å². The molecule has 0 N–H and O–H groups in total. The number of hydrogen-bond acceptors (Lipinski definition) is 4. The monoisotopic (exact) mass is 461 g/mol. The lowest BCUT2D eigenvalue weighted by atomic mass is 10.1. The van der Waals surface area contributed by atoms with E-state index < -0.39 is 0 Å². The smallest absolute Gasteiger partial charge is 0.245 e. The molecule has 2 aromatic rings. The molecule has 0 aromatic heterocycles. The molecule has 7 heteroatoms. The minimum atomic E-state index is -0.153. The summed E-state index contributed by atoms with van der Waals surface area (Å²) >= 11 is 14.5. The molecule has 1 aliphatic carbocycles. The third kappa shape index (κ3) is 4.05. The summed E-state index contributed by atoms with van der Waals surface area (Å²) in [4.78, 5) is 20.5. The van der Waals surface area contributed by atoms with Gasteiger partial charge in [0.25, 0.3) is 0 Å². The van der Waals surface area contributed by atoms with Crippen LogP contribution in [0.5, 0.6) is 0 Å². The van der Waals surface area contributed by atoms with Gasteiger partial charge in [-0.05, 0) is 48.7 Å². The third-order valence-corrected chi connectivity index (χ3v) is 7.83. The molecule has 1 saturated carbocycles. The third-order valence-electron chi connectivity index (χ3n) is 6.21. The average Bonchev–Trinajstić information content (AvgIpc) is 3.61. The maximum Gasteiger partial charge on any atom is 0.245 e. The molecule has 0 spiro atoms. The van der Waals surface area contributed by atoms with E-state index in [1.165, 1.54) is 18.5 Å². The van der Waals surface area contributed by atoms with Gasteiger partial charge in [0.2, 0.25) is 5.91 Å². The van der Waals surface area contributed by atoms with Crippen molar-refractivity contribution in [3.05, 3.63) is 58.1 Å². The Kier molecular flexibility index (Phi) is 5.89. The average molecular weight is 462 g/mol. The lowest BCUT2D eigenvalue weighted by Gasteiger charge is -2.42. The van der Waals surface area contributed by atoms with Crippen LogP contribution in [0, 0.1) is 0 Å². The van der Waals surface area contributed by atoms with E-state index in [2.05, 4.69) is 28.0 Å². The highest BCUT2D eigenvalue weighted by molar-refractivity contribution is 7.99. The van der Waals surface area contributed by atoms with Gasteiger partial charge in [0.1, 0.15) is 0 Å². The number of nitrogens with zero attached hydrogens (tertiary/aromatic N) is 3. The highest BCUT2D eigenvalue weighted by Gasteiger charge is 2.39. The predicted octanol–water partition coefficient (Wildman–Crippen LogP) is 4.93. The molecule has 158 valence electrons. The van der Waals surface area contributed by atoms with Crippen molar-refractivity contribution in [1.82, 2.24) is 4.90 Å². The minimum Gasteiger partial charge on any atom is -0.365 e. The van der Waals surface area contributed by atoms with E-state index in [4.69, 9.17) is 23.2 Å². The van der Waals surface area contributed by atoms with Crippen molar-refractivity contribution in [2.45, 2.75) is 31.5 Å². The molecule has 2 aliphatic heterocycles. The van der Waals surface area contributed by atoms with Crippen molar-refractivity contribution >= 4 is 52.2 Å². The van der Waals surface area contributed by atoms with Crippen LogP contribution in [0.4, 0.5) is 11.4 Å². The molecule has 2 heterocycles. The second kappa shape index (κ2) is 8.62. The molecular weight excluding hydrogens is 437 g/mol. The summed E-state index contributed by atoms with van der Waals surface area (Å²) in [5.41, 5.74) is 3.23. The van der Waals surface area contributed by atoms with Gasteiger partial charge in [-0.25, -0.2) is 0 Å². The largest absolute Gasteiger partial charge is 0.365 e. The Balaban J connectivity index is 1.40. The lowest BCUT2D eigenvalue weighted by Crippen LogP contribution is -2.55. The van der Waals surface area contributed by atoms with Gasteiger partial charge < -0.3 is 9.80 Å². The molecule has 1 amide bonds. The Morgan fingerprint density at radius 2 is 1.83 bits per heavy atom. The first-order chi connectivity index (χ1) is 14.6. The van der Waals surface area contributed by atoms with Crippen LogP contribution < -0.4 is 9.80 Å². The number of fused-ring (bicyclic) bond motifs is 1. The number of anilines is 2. The van der Waals surface area contributed by atoms with Gasteiger partial charge in [-0.15, -0.1) is 0 Å². The SMILES string of the molecule is O=C(C1CSCCN1Cc1cc(Cl)ccc1Cl)N1CCN(C2CC2)c2ccccc21. The summed E-state index contributed by atoms with van der Waals surface area (Å²) in [6.45, 7) is 3.17. The van der Waals surface area contributed by atoms with Crippen LogP contribution in [0.3, 0.4) is 0 Å². The Morgan fingerprint density at radius 1 is 1.03 bits per heavy atom. The van der Waals surface area contributed by atoms with Crippen molar-refractivity contribution in [2.75, 3.05) is 40.9 Å². The lowest BCUT2D eigenvalue weighted by molar-refractivity contribution is -0.123. The van der Waals surface area contributed by atoms with Gasteiger partial charge in [-0.1, -0.05) is 35.3 Å². The maximum absolute atomic E-state index is 13.8. The van der Waals surface area contributed by atoms with Crippen molar-refractivity contribution in [3.63, 3.8) is 0 Å². The Hall–Kier alpha value is -1.40. The predicted molar refractivity (Wildman–Crippen MR) is 127 cm³/mol. The van der Waals surface area contributed by atoms with E-state index in [9.17, 15) is 4.79 Å².